The lowest BCUT2D eigenvalue weighted by atomic mass is 10.1. The molecule has 4 nitrogen and oxygen atoms in total. The maximum absolute atomic E-state index is 13.2. The molecule has 1 aromatic heterocycles. The third kappa shape index (κ3) is 2.66. The number of nitrogens with two attached hydrogens (primary N) is 1. The minimum atomic E-state index is -4.79. The van der Waals surface area contributed by atoms with Crippen LogP contribution in [0.4, 0.5) is 17.6 Å². The Morgan fingerprint density at radius 3 is 2.65 bits per heavy atom. The van der Waals surface area contributed by atoms with Crippen LogP contribution in [0.3, 0.4) is 0 Å². The van der Waals surface area contributed by atoms with Gasteiger partial charge in [0.1, 0.15) is 5.82 Å². The Bertz CT molecular complexity index is 609. The molecule has 2 aromatic rings. The summed E-state index contributed by atoms with van der Waals surface area (Å²) in [4.78, 5) is 3.78. The molecule has 0 bridgehead atoms. The lowest BCUT2D eigenvalue weighted by Gasteiger charge is -2.14. The van der Waals surface area contributed by atoms with Crippen molar-refractivity contribution in [2.45, 2.75) is 12.2 Å². The minimum absolute atomic E-state index is 0.0649. The molecule has 108 valence electrons. The van der Waals surface area contributed by atoms with Crippen LogP contribution in [0.25, 0.3) is 5.69 Å². The topological polar surface area (TPSA) is 64.1 Å². The van der Waals surface area contributed by atoms with Crippen molar-refractivity contribution in [2.75, 3.05) is 6.61 Å². The Labute approximate surface area is 111 Å². The number of imidazole rings is 1. The summed E-state index contributed by atoms with van der Waals surface area (Å²) in [5.41, 5.74) is 4.65. The molecule has 1 heterocycles. The zero-order valence-electron chi connectivity index (χ0n) is 10.1. The van der Waals surface area contributed by atoms with E-state index in [1.165, 1.54) is 23.2 Å². The fourth-order valence-electron chi connectivity index (χ4n) is 1.77. The monoisotopic (exact) mass is 289 g/mol. The first kappa shape index (κ1) is 14.5. The summed E-state index contributed by atoms with van der Waals surface area (Å²) in [6, 6.07) is 1.79. The molecule has 0 fully saturated rings. The van der Waals surface area contributed by atoms with Gasteiger partial charge in [-0.15, -0.1) is 0 Å². The van der Waals surface area contributed by atoms with Crippen LogP contribution >= 0.6 is 0 Å². The van der Waals surface area contributed by atoms with Crippen LogP contribution in [-0.2, 0) is 6.18 Å². The molecular weight excluding hydrogens is 278 g/mol. The molecule has 3 N–H and O–H groups in total. The van der Waals surface area contributed by atoms with Crippen LogP contribution in [0.2, 0.25) is 0 Å². The maximum atomic E-state index is 13.2. The molecule has 0 spiro atoms. The number of aromatic nitrogens is 2. The quantitative estimate of drug-likeness (QED) is 0.850. The van der Waals surface area contributed by atoms with Crippen molar-refractivity contribution in [1.82, 2.24) is 9.55 Å². The second-order valence-corrected chi connectivity index (χ2v) is 4.14. The Balaban J connectivity index is 2.52. The van der Waals surface area contributed by atoms with Gasteiger partial charge in [0.25, 0.3) is 0 Å². The molecule has 2 rings (SSSR count). The number of aliphatic hydroxyl groups is 1. The van der Waals surface area contributed by atoms with Crippen molar-refractivity contribution in [3.63, 3.8) is 0 Å². The smallest absolute Gasteiger partial charge is 0.394 e. The SMILES string of the molecule is NC(CO)c1cncn1-c1ccc(F)c(C(F)(F)F)c1. The lowest BCUT2D eigenvalue weighted by Crippen LogP contribution is -2.18. The van der Waals surface area contributed by atoms with Gasteiger partial charge in [0.15, 0.2) is 0 Å². The zero-order chi connectivity index (χ0) is 14.9. The van der Waals surface area contributed by atoms with E-state index in [0.29, 0.717) is 11.8 Å². The first-order chi connectivity index (χ1) is 9.34. The minimum Gasteiger partial charge on any atom is -0.394 e. The molecule has 0 aliphatic rings. The number of aliphatic hydroxyl groups excluding tert-OH is 1. The number of halogens is 4. The van der Waals surface area contributed by atoms with Gasteiger partial charge in [-0.2, -0.15) is 13.2 Å². The second kappa shape index (κ2) is 5.22. The summed E-state index contributed by atoms with van der Waals surface area (Å²) >= 11 is 0. The fraction of sp³-hybridized carbons (Fsp3) is 0.250. The number of benzene rings is 1. The van der Waals surface area contributed by atoms with Crippen LogP contribution in [0.5, 0.6) is 0 Å². The van der Waals surface area contributed by atoms with Gasteiger partial charge in [-0.1, -0.05) is 0 Å². The van der Waals surface area contributed by atoms with Gasteiger partial charge in [0.05, 0.1) is 36.4 Å². The fourth-order valence-corrected chi connectivity index (χ4v) is 1.77. The average molecular weight is 289 g/mol. The third-order valence-electron chi connectivity index (χ3n) is 2.78. The van der Waals surface area contributed by atoms with E-state index in [-0.39, 0.29) is 12.3 Å². The molecule has 0 saturated carbocycles. The number of rotatable bonds is 3. The first-order valence-corrected chi connectivity index (χ1v) is 5.60. The molecule has 0 saturated heterocycles. The summed E-state index contributed by atoms with van der Waals surface area (Å²) in [7, 11) is 0. The van der Waals surface area contributed by atoms with E-state index in [2.05, 4.69) is 4.98 Å². The molecule has 1 unspecified atom stereocenters. The summed E-state index contributed by atoms with van der Waals surface area (Å²) in [5.74, 6) is -1.35. The largest absolute Gasteiger partial charge is 0.419 e. The van der Waals surface area contributed by atoms with Crippen molar-refractivity contribution < 1.29 is 22.7 Å². The predicted octanol–water partition coefficient (Wildman–Crippen LogP) is 2.02. The van der Waals surface area contributed by atoms with Gasteiger partial charge >= 0.3 is 6.18 Å². The van der Waals surface area contributed by atoms with Crippen molar-refractivity contribution in [3.8, 4) is 5.69 Å². The molecule has 0 radical (unpaired) electrons. The molecule has 1 aromatic carbocycles. The predicted molar refractivity (Wildman–Crippen MR) is 62.5 cm³/mol. The van der Waals surface area contributed by atoms with E-state index in [1.807, 2.05) is 0 Å². The van der Waals surface area contributed by atoms with Crippen molar-refractivity contribution in [1.29, 1.82) is 0 Å². The Morgan fingerprint density at radius 1 is 1.35 bits per heavy atom. The summed E-state index contributed by atoms with van der Waals surface area (Å²) in [6.07, 6.45) is -2.21. The highest BCUT2D eigenvalue weighted by Crippen LogP contribution is 2.33. The van der Waals surface area contributed by atoms with Crippen molar-refractivity contribution in [2.24, 2.45) is 5.73 Å². The molecule has 8 heteroatoms. The number of hydrogen-bond acceptors (Lipinski definition) is 3. The van der Waals surface area contributed by atoms with E-state index < -0.39 is 23.6 Å². The molecule has 0 aliphatic carbocycles. The molecule has 0 aliphatic heterocycles. The summed E-state index contributed by atoms with van der Waals surface area (Å²) in [5, 5.41) is 9.00. The van der Waals surface area contributed by atoms with E-state index >= 15 is 0 Å². The molecule has 20 heavy (non-hydrogen) atoms. The number of nitrogens with zero attached hydrogens (tertiary/aromatic N) is 2. The summed E-state index contributed by atoms with van der Waals surface area (Å²) in [6.45, 7) is -0.390. The lowest BCUT2D eigenvalue weighted by molar-refractivity contribution is -0.140. The first-order valence-electron chi connectivity index (χ1n) is 5.60. The Kier molecular flexibility index (Phi) is 3.78. The zero-order valence-corrected chi connectivity index (χ0v) is 10.1. The van der Waals surface area contributed by atoms with Crippen LogP contribution in [0, 0.1) is 5.82 Å². The van der Waals surface area contributed by atoms with E-state index in [9.17, 15) is 17.6 Å². The van der Waals surface area contributed by atoms with Gasteiger partial charge in [0.2, 0.25) is 0 Å². The second-order valence-electron chi connectivity index (χ2n) is 4.14. The van der Waals surface area contributed by atoms with Gasteiger partial charge in [0, 0.05) is 5.69 Å². The average Bonchev–Trinajstić information content (AvgIpc) is 2.86. The van der Waals surface area contributed by atoms with Gasteiger partial charge in [-0.3, -0.25) is 0 Å². The van der Waals surface area contributed by atoms with Crippen molar-refractivity contribution in [3.05, 3.63) is 47.8 Å². The molecular formula is C12H11F4N3O. The maximum Gasteiger partial charge on any atom is 0.419 e. The van der Waals surface area contributed by atoms with Crippen molar-refractivity contribution >= 4 is 0 Å². The Hall–Kier alpha value is -1.93. The highest BCUT2D eigenvalue weighted by atomic mass is 19.4. The molecule has 0 amide bonds. The van der Waals surface area contributed by atoms with E-state index in [0.717, 1.165) is 6.07 Å². The third-order valence-corrected chi connectivity index (χ3v) is 2.78. The Morgan fingerprint density at radius 2 is 2.05 bits per heavy atom. The van der Waals surface area contributed by atoms with Crippen LogP contribution in [0.1, 0.15) is 17.3 Å². The van der Waals surface area contributed by atoms with Crippen LogP contribution in [0.15, 0.2) is 30.7 Å². The number of hydrogen-bond donors (Lipinski definition) is 2. The van der Waals surface area contributed by atoms with E-state index in [4.69, 9.17) is 10.8 Å². The van der Waals surface area contributed by atoms with Gasteiger partial charge in [-0.05, 0) is 18.2 Å². The van der Waals surface area contributed by atoms with Crippen LogP contribution < -0.4 is 5.73 Å². The summed E-state index contributed by atoms with van der Waals surface area (Å²) < 4.78 is 52.5. The highest BCUT2D eigenvalue weighted by molar-refractivity contribution is 5.39. The van der Waals surface area contributed by atoms with Gasteiger partial charge in [-0.25, -0.2) is 9.37 Å². The standard InChI is InChI=1S/C12H11F4N3O/c13-9-2-1-7(3-8(9)12(14,15)16)19-6-18-4-11(19)10(17)5-20/h1-4,6,10,20H,5,17H2. The highest BCUT2D eigenvalue weighted by Gasteiger charge is 2.34. The van der Waals surface area contributed by atoms with Crippen LogP contribution in [-0.4, -0.2) is 21.3 Å². The molecule has 1 atom stereocenters. The number of alkyl halides is 3. The van der Waals surface area contributed by atoms with E-state index in [1.54, 1.807) is 0 Å². The van der Waals surface area contributed by atoms with Gasteiger partial charge < -0.3 is 15.4 Å². The normalized spacial score (nSPS) is 13.5.